The molecule has 4 aliphatic rings. The van der Waals surface area contributed by atoms with Crippen LogP contribution in [0.3, 0.4) is 0 Å². The zero-order valence-corrected chi connectivity index (χ0v) is 54.0. The quantitative estimate of drug-likeness (QED) is 0.0233. The van der Waals surface area contributed by atoms with E-state index in [1.807, 2.05) is 6.07 Å². The van der Waals surface area contributed by atoms with Crippen molar-refractivity contribution in [2.45, 2.75) is 71.9 Å². The lowest BCUT2D eigenvalue weighted by Gasteiger charge is -2.43. The number of rotatable bonds is 20. The van der Waals surface area contributed by atoms with Gasteiger partial charge in [0, 0.05) is 89.2 Å². The lowest BCUT2D eigenvalue weighted by Crippen LogP contribution is -2.56. The number of pyridine rings is 2. The first-order chi connectivity index (χ1) is 46.4. The molecule has 6 amide bonds. The van der Waals surface area contributed by atoms with Gasteiger partial charge in [-0.25, -0.2) is 19.2 Å². The van der Waals surface area contributed by atoms with E-state index < -0.39 is 59.6 Å². The van der Waals surface area contributed by atoms with E-state index in [0.29, 0.717) is 118 Å². The molecule has 0 radical (unpaired) electrons. The topological polar surface area (TPSA) is 220 Å². The third kappa shape index (κ3) is 16.0. The van der Waals surface area contributed by atoms with Crippen LogP contribution < -0.4 is 9.80 Å². The Hall–Kier alpha value is -10.6. The number of terminal acetylenes is 1. The normalized spacial score (nSPS) is 17.9. The SMILES string of the molecule is C#C/C(C#N)=C\C=C(/C)C1C(C(=O)OCC)=C(C)N(c2cccc(C(F)(F)F)c2)C(=O)N1CCCN1CCN(C(=O)c2ccc(-c3ccc(C(=O)N4CCN(CCCN5C(=O)N(c6cccc(C(F)(F)F)c6)C(C)=C(C(=O)OCC)C5c5ccc(C#N)cc5)CC4)cn3)nc2)CC1. The highest BCUT2D eigenvalue weighted by molar-refractivity contribution is 6.05. The number of hydrogen-bond donors (Lipinski definition) is 0. The zero-order valence-electron chi connectivity index (χ0n) is 54.0. The van der Waals surface area contributed by atoms with Gasteiger partial charge in [0.2, 0.25) is 0 Å². The van der Waals surface area contributed by atoms with E-state index in [9.17, 15) is 65.6 Å². The molecule has 97 heavy (non-hydrogen) atoms. The van der Waals surface area contributed by atoms with Gasteiger partial charge in [-0.05, 0) is 151 Å². The number of urea groups is 2. The Morgan fingerprint density at radius 2 is 1.06 bits per heavy atom. The van der Waals surface area contributed by atoms with E-state index in [1.165, 1.54) is 72.5 Å². The van der Waals surface area contributed by atoms with Crippen molar-refractivity contribution in [3.63, 3.8) is 0 Å². The summed E-state index contributed by atoms with van der Waals surface area (Å²) in [4.78, 5) is 106. The van der Waals surface area contributed by atoms with Crippen molar-refractivity contribution in [1.29, 1.82) is 10.5 Å². The first kappa shape index (κ1) is 70.7. The Labute approximate surface area is 557 Å². The van der Waals surface area contributed by atoms with Gasteiger partial charge in [0.25, 0.3) is 11.8 Å². The monoisotopic (exact) mass is 1330 g/mol. The molecule has 6 heterocycles. The number of nitriles is 2. The summed E-state index contributed by atoms with van der Waals surface area (Å²) in [5.41, 5.74) is 0.953. The minimum absolute atomic E-state index is 0.0107. The molecule has 0 spiro atoms. The molecular weight excluding hydrogens is 1260 g/mol. The standard InChI is InChI=1S/C71H70F6N12O8/c1-7-49(42-78)19-18-46(4)62-60(66(92)96-8-2)47(5)88(56-16-10-14-54(40-56)70(72,73)74)68(94)86(62)30-12-28-82-32-36-84(37-33-82)64(90)52-24-26-58(80-44-52)59-27-25-53(45-81-59)65(91)85-38-34-83(35-39-85)29-13-31-87-63(51-22-20-50(43-79)21-23-51)61(67(93)97-9-3)48(6)89(69(87)95)57-17-11-15-55(41-57)71(75,76)77/h1,10-11,14-27,40-41,44-45,62-63H,8-9,12-13,28-39H2,2-6H3/b46-18+,49-19+. The number of hydrogen-bond acceptors (Lipinski definition) is 14. The smallest absolute Gasteiger partial charge is 0.416 e. The highest BCUT2D eigenvalue weighted by Crippen LogP contribution is 2.43. The summed E-state index contributed by atoms with van der Waals surface area (Å²) < 4.78 is 94.8. The minimum Gasteiger partial charge on any atom is -0.463 e. The van der Waals surface area contributed by atoms with E-state index in [4.69, 9.17) is 15.9 Å². The number of esters is 2. The number of anilines is 2. The molecule has 2 unspecified atom stereocenters. The predicted octanol–water partition coefficient (Wildman–Crippen LogP) is 11.0. The van der Waals surface area contributed by atoms with Crippen molar-refractivity contribution in [2.75, 3.05) is 102 Å². The fourth-order valence-corrected chi connectivity index (χ4v) is 12.3. The fraction of sp³-hybridized carbons (Fsp3) is 0.352. The summed E-state index contributed by atoms with van der Waals surface area (Å²) in [6.45, 7) is 12.2. The van der Waals surface area contributed by atoms with Crippen LogP contribution in [0.2, 0.25) is 0 Å². The number of allylic oxidation sites excluding steroid dienone is 5. The lowest BCUT2D eigenvalue weighted by atomic mass is 9.92. The summed E-state index contributed by atoms with van der Waals surface area (Å²) in [7, 11) is 0. The van der Waals surface area contributed by atoms with Crippen LogP contribution in [0.5, 0.6) is 0 Å². The van der Waals surface area contributed by atoms with Crippen molar-refractivity contribution in [1.82, 2.24) is 39.4 Å². The molecule has 20 nitrogen and oxygen atoms in total. The Morgan fingerprint density at radius 3 is 1.48 bits per heavy atom. The lowest BCUT2D eigenvalue weighted by molar-refractivity contribution is -0.140. The van der Waals surface area contributed by atoms with Crippen molar-refractivity contribution in [3.05, 3.63) is 189 Å². The Bertz CT molecular complexity index is 4040. The Kier molecular flexibility index (Phi) is 22.5. The first-order valence-corrected chi connectivity index (χ1v) is 31.4. The van der Waals surface area contributed by atoms with E-state index >= 15 is 0 Å². The summed E-state index contributed by atoms with van der Waals surface area (Å²) in [5.74, 6) is 0.250. The van der Waals surface area contributed by atoms with Crippen LogP contribution in [0.25, 0.3) is 11.4 Å². The number of aromatic nitrogens is 2. The minimum atomic E-state index is -4.72. The van der Waals surface area contributed by atoms with Gasteiger partial charge in [0.15, 0.2) is 0 Å². The highest BCUT2D eigenvalue weighted by atomic mass is 19.4. The molecule has 4 aliphatic heterocycles. The van der Waals surface area contributed by atoms with Crippen LogP contribution >= 0.6 is 0 Å². The summed E-state index contributed by atoms with van der Waals surface area (Å²) in [6.07, 6.45) is 2.62. The van der Waals surface area contributed by atoms with Crippen LogP contribution in [0.15, 0.2) is 155 Å². The number of ether oxygens (including phenoxy) is 2. The van der Waals surface area contributed by atoms with Gasteiger partial charge in [0.1, 0.15) is 11.6 Å². The molecule has 2 fully saturated rings. The molecule has 2 atom stereocenters. The molecule has 2 saturated heterocycles. The van der Waals surface area contributed by atoms with Gasteiger partial charge in [-0.1, -0.05) is 36.3 Å². The van der Waals surface area contributed by atoms with E-state index in [0.717, 1.165) is 34.1 Å². The average Bonchev–Trinajstić information content (AvgIpc) is 0.753. The maximum absolute atomic E-state index is 14.7. The zero-order chi connectivity index (χ0) is 69.9. The number of carbonyl (C=O) groups is 6. The second-order valence-corrected chi connectivity index (χ2v) is 23.3. The van der Waals surface area contributed by atoms with Crippen LogP contribution in [0.4, 0.5) is 47.3 Å². The molecule has 504 valence electrons. The molecule has 26 heteroatoms. The van der Waals surface area contributed by atoms with Crippen LogP contribution in [-0.4, -0.2) is 173 Å². The van der Waals surface area contributed by atoms with E-state index in [1.54, 1.807) is 79.1 Å². The molecule has 0 aliphatic carbocycles. The number of halogens is 6. The maximum Gasteiger partial charge on any atom is 0.416 e. The molecule has 0 N–H and O–H groups in total. The largest absolute Gasteiger partial charge is 0.463 e. The van der Waals surface area contributed by atoms with Gasteiger partial charge in [-0.3, -0.25) is 39.2 Å². The Morgan fingerprint density at radius 1 is 0.608 bits per heavy atom. The number of alkyl halides is 6. The van der Waals surface area contributed by atoms with Crippen molar-refractivity contribution >= 4 is 47.2 Å². The van der Waals surface area contributed by atoms with Gasteiger partial charge < -0.3 is 29.1 Å². The molecule has 0 saturated carbocycles. The molecule has 0 bridgehead atoms. The van der Waals surface area contributed by atoms with Crippen molar-refractivity contribution in [3.8, 4) is 35.9 Å². The summed E-state index contributed by atoms with van der Waals surface area (Å²) >= 11 is 0. The number of nitrogens with zero attached hydrogens (tertiary/aromatic N) is 12. The number of amides is 6. The van der Waals surface area contributed by atoms with Crippen molar-refractivity contribution < 1.29 is 64.6 Å². The number of piperazine rings is 2. The maximum atomic E-state index is 14.7. The molecular formula is C71H70F6N12O8. The third-order valence-electron chi connectivity index (χ3n) is 17.3. The van der Waals surface area contributed by atoms with E-state index in [2.05, 4.69) is 31.8 Å². The summed E-state index contributed by atoms with van der Waals surface area (Å²) in [5, 5.41) is 19.0. The Balaban J connectivity index is 0.786. The number of carbonyl (C=O) groups excluding carboxylic acids is 6. The predicted molar refractivity (Wildman–Crippen MR) is 346 cm³/mol. The second-order valence-electron chi connectivity index (χ2n) is 23.3. The van der Waals surface area contributed by atoms with Crippen LogP contribution in [0.1, 0.15) is 96.5 Å². The fourth-order valence-electron chi connectivity index (χ4n) is 12.3. The van der Waals surface area contributed by atoms with Gasteiger partial charge in [-0.15, -0.1) is 6.42 Å². The molecule has 9 rings (SSSR count). The summed E-state index contributed by atoms with van der Waals surface area (Å²) in [6, 6.07) is 22.2. The van der Waals surface area contributed by atoms with Gasteiger partial charge in [0.05, 0.1) is 93.1 Å². The second kappa shape index (κ2) is 30.8. The van der Waals surface area contributed by atoms with Gasteiger partial charge >= 0.3 is 36.4 Å². The van der Waals surface area contributed by atoms with Crippen LogP contribution in [-0.2, 0) is 31.4 Å². The number of benzene rings is 3. The first-order valence-electron chi connectivity index (χ1n) is 31.4. The van der Waals surface area contributed by atoms with E-state index in [-0.39, 0.29) is 77.6 Å². The molecule has 2 aromatic heterocycles. The highest BCUT2D eigenvalue weighted by Gasteiger charge is 2.46. The van der Waals surface area contributed by atoms with Gasteiger partial charge in [-0.2, -0.15) is 36.9 Å². The molecule has 3 aromatic carbocycles. The third-order valence-corrected chi connectivity index (χ3v) is 17.3. The molecule has 5 aromatic rings. The average molecular weight is 1330 g/mol. The van der Waals surface area contributed by atoms with Crippen molar-refractivity contribution in [2.24, 2.45) is 0 Å². The van der Waals surface area contributed by atoms with Crippen LogP contribution in [0, 0.1) is 35.0 Å².